The number of benzene rings is 5. The summed E-state index contributed by atoms with van der Waals surface area (Å²) in [7, 11) is 0. The topological polar surface area (TPSA) is 132 Å². The van der Waals surface area contributed by atoms with E-state index < -0.39 is 42.0 Å². The predicted molar refractivity (Wildman–Crippen MR) is 204 cm³/mol. The van der Waals surface area contributed by atoms with Gasteiger partial charge in [0.25, 0.3) is 0 Å². The van der Waals surface area contributed by atoms with Crippen LogP contribution >= 0.6 is 0 Å². The first kappa shape index (κ1) is 37.5. The number of fused-ring (bicyclic) bond motifs is 3. The van der Waals surface area contributed by atoms with Crippen molar-refractivity contribution in [2.24, 2.45) is 0 Å². The molecular formula is C44H43N3O7. The molecule has 0 radical (unpaired) electrons. The van der Waals surface area contributed by atoms with Crippen molar-refractivity contribution in [1.29, 1.82) is 0 Å². The molecule has 0 fully saturated rings. The highest BCUT2D eigenvalue weighted by Crippen LogP contribution is 2.44. The van der Waals surface area contributed by atoms with Gasteiger partial charge < -0.3 is 30.2 Å². The van der Waals surface area contributed by atoms with E-state index in [2.05, 4.69) is 28.1 Å². The van der Waals surface area contributed by atoms with Gasteiger partial charge in [-0.05, 0) is 45.9 Å². The lowest BCUT2D eigenvalue weighted by atomic mass is 9.98. The Bertz CT molecular complexity index is 1980. The van der Waals surface area contributed by atoms with Gasteiger partial charge in [-0.1, -0.05) is 140 Å². The SMILES string of the molecule is C[C@H](NC(=O)[C@H](Cc1ccccc1)NC(=O)[C@H](COCc1ccccc1)NC(=O)OCC1c2ccccc2-c2ccccc21)C(=O)OCc1ccccc1. The minimum absolute atomic E-state index is 0.0518. The number of carbonyl (C=O) groups excluding carboxylic acids is 4. The maximum atomic E-state index is 14.0. The largest absolute Gasteiger partial charge is 0.459 e. The van der Waals surface area contributed by atoms with E-state index in [0.717, 1.165) is 38.9 Å². The van der Waals surface area contributed by atoms with Crippen molar-refractivity contribution in [3.63, 3.8) is 0 Å². The van der Waals surface area contributed by atoms with Gasteiger partial charge in [0.05, 0.1) is 13.2 Å². The molecule has 0 aliphatic heterocycles. The van der Waals surface area contributed by atoms with Gasteiger partial charge in [0, 0.05) is 12.3 Å². The van der Waals surface area contributed by atoms with Crippen molar-refractivity contribution in [3.05, 3.63) is 167 Å². The van der Waals surface area contributed by atoms with Gasteiger partial charge in [-0.2, -0.15) is 0 Å². The highest BCUT2D eigenvalue weighted by molar-refractivity contribution is 5.93. The van der Waals surface area contributed by atoms with E-state index >= 15 is 0 Å². The fourth-order valence-electron chi connectivity index (χ4n) is 6.39. The molecule has 5 aromatic carbocycles. The van der Waals surface area contributed by atoms with Crippen LogP contribution < -0.4 is 16.0 Å². The van der Waals surface area contributed by atoms with Gasteiger partial charge in [-0.15, -0.1) is 0 Å². The zero-order chi connectivity index (χ0) is 37.7. The number of hydrogen-bond donors (Lipinski definition) is 3. The van der Waals surface area contributed by atoms with E-state index in [1.807, 2.05) is 127 Å². The highest BCUT2D eigenvalue weighted by Gasteiger charge is 2.32. The van der Waals surface area contributed by atoms with Gasteiger partial charge in [0.2, 0.25) is 11.8 Å². The Morgan fingerprint density at radius 1 is 0.556 bits per heavy atom. The van der Waals surface area contributed by atoms with Crippen LogP contribution in [0.1, 0.15) is 40.7 Å². The van der Waals surface area contributed by atoms with Gasteiger partial charge in [0.1, 0.15) is 31.3 Å². The summed E-state index contributed by atoms with van der Waals surface area (Å²) in [6, 6.07) is 40.5. The summed E-state index contributed by atoms with van der Waals surface area (Å²) in [4.78, 5) is 53.8. The van der Waals surface area contributed by atoms with Gasteiger partial charge in [-0.25, -0.2) is 9.59 Å². The van der Waals surface area contributed by atoms with E-state index in [9.17, 15) is 19.2 Å². The van der Waals surface area contributed by atoms with Crippen LogP contribution in [0.15, 0.2) is 140 Å². The van der Waals surface area contributed by atoms with Crippen LogP contribution in [0, 0.1) is 0 Å². The molecule has 0 saturated heterocycles. The molecular weight excluding hydrogens is 682 g/mol. The van der Waals surface area contributed by atoms with Crippen molar-refractivity contribution in [2.75, 3.05) is 13.2 Å². The summed E-state index contributed by atoms with van der Waals surface area (Å²) < 4.78 is 17.1. The molecule has 0 saturated carbocycles. The molecule has 0 aromatic heterocycles. The number of amides is 3. The molecule has 276 valence electrons. The molecule has 10 nitrogen and oxygen atoms in total. The molecule has 3 N–H and O–H groups in total. The molecule has 0 heterocycles. The molecule has 1 aliphatic rings. The summed E-state index contributed by atoms with van der Waals surface area (Å²) >= 11 is 0. The van der Waals surface area contributed by atoms with Crippen molar-refractivity contribution in [3.8, 4) is 11.1 Å². The number of hydrogen-bond acceptors (Lipinski definition) is 7. The van der Waals surface area contributed by atoms with Crippen molar-refractivity contribution in [2.45, 2.75) is 50.6 Å². The number of ether oxygens (including phenoxy) is 3. The Kier molecular flexibility index (Phi) is 12.8. The van der Waals surface area contributed by atoms with E-state index in [-0.39, 0.29) is 38.8 Å². The van der Waals surface area contributed by atoms with Crippen LogP contribution in [0.2, 0.25) is 0 Å². The third-order valence-electron chi connectivity index (χ3n) is 9.20. The number of nitrogens with one attached hydrogen (secondary N) is 3. The fraction of sp³-hybridized carbons (Fsp3) is 0.227. The first-order valence-corrected chi connectivity index (χ1v) is 17.9. The second-order valence-corrected chi connectivity index (χ2v) is 13.1. The third kappa shape index (κ3) is 9.99. The van der Waals surface area contributed by atoms with Crippen LogP contribution in [-0.2, 0) is 48.2 Å². The lowest BCUT2D eigenvalue weighted by molar-refractivity contribution is -0.148. The van der Waals surface area contributed by atoms with Crippen molar-refractivity contribution in [1.82, 2.24) is 16.0 Å². The standard InChI is InChI=1S/C44H43N3O7/c1-30(43(50)53-27-33-19-9-4-10-20-33)45-41(48)39(25-31-15-5-2-6-16-31)46-42(49)40(29-52-26-32-17-7-3-8-18-32)47-44(51)54-28-38-36-23-13-11-21-34(36)35-22-12-14-24-37(35)38/h2-24,30,38-40H,25-29H2,1H3,(H,45,48)(H,46,49)(H,47,51)/t30-,39-,40-/m0/s1. The Morgan fingerprint density at radius 2 is 1.06 bits per heavy atom. The molecule has 0 unspecified atom stereocenters. The van der Waals surface area contributed by atoms with E-state index in [1.54, 1.807) is 0 Å². The minimum Gasteiger partial charge on any atom is -0.459 e. The van der Waals surface area contributed by atoms with Crippen LogP contribution in [-0.4, -0.2) is 55.2 Å². The predicted octanol–water partition coefficient (Wildman–Crippen LogP) is 6.09. The second-order valence-electron chi connectivity index (χ2n) is 13.1. The first-order valence-electron chi connectivity index (χ1n) is 17.9. The maximum absolute atomic E-state index is 14.0. The summed E-state index contributed by atoms with van der Waals surface area (Å²) in [5.41, 5.74) is 6.76. The normalized spacial score (nSPS) is 13.4. The molecule has 3 amide bonds. The van der Waals surface area contributed by atoms with Gasteiger partial charge in [-0.3, -0.25) is 9.59 Å². The highest BCUT2D eigenvalue weighted by atomic mass is 16.6. The molecule has 3 atom stereocenters. The van der Waals surface area contributed by atoms with E-state index in [1.165, 1.54) is 6.92 Å². The zero-order valence-electron chi connectivity index (χ0n) is 30.0. The summed E-state index contributed by atoms with van der Waals surface area (Å²) in [5, 5.41) is 8.14. The van der Waals surface area contributed by atoms with Gasteiger partial charge >= 0.3 is 12.1 Å². The van der Waals surface area contributed by atoms with E-state index in [0.29, 0.717) is 0 Å². The van der Waals surface area contributed by atoms with Crippen molar-refractivity contribution < 1.29 is 33.4 Å². The Hall–Kier alpha value is -6.26. The number of esters is 1. The molecule has 10 heteroatoms. The number of carbonyl (C=O) groups is 4. The number of alkyl carbamates (subject to hydrolysis) is 1. The Balaban J connectivity index is 1.13. The van der Waals surface area contributed by atoms with Crippen molar-refractivity contribution >= 4 is 23.9 Å². The quantitative estimate of drug-likeness (QED) is 0.105. The van der Waals surface area contributed by atoms with Crippen LogP contribution in [0.4, 0.5) is 4.79 Å². The molecule has 0 spiro atoms. The average Bonchev–Trinajstić information content (AvgIpc) is 3.53. The minimum atomic E-state index is -1.22. The fourth-order valence-corrected chi connectivity index (χ4v) is 6.39. The summed E-state index contributed by atoms with van der Waals surface area (Å²) in [5.74, 6) is -2.06. The maximum Gasteiger partial charge on any atom is 0.407 e. The average molecular weight is 726 g/mol. The second kappa shape index (κ2) is 18.5. The monoisotopic (exact) mass is 725 g/mol. The molecule has 54 heavy (non-hydrogen) atoms. The van der Waals surface area contributed by atoms with Crippen LogP contribution in [0.3, 0.4) is 0 Å². The first-order chi connectivity index (χ1) is 26.4. The molecule has 1 aliphatic carbocycles. The molecule has 5 aromatic rings. The van der Waals surface area contributed by atoms with E-state index in [4.69, 9.17) is 14.2 Å². The lowest BCUT2D eigenvalue weighted by Gasteiger charge is -2.24. The molecule has 0 bridgehead atoms. The van der Waals surface area contributed by atoms with Crippen LogP contribution in [0.25, 0.3) is 11.1 Å². The Morgan fingerprint density at radius 3 is 1.65 bits per heavy atom. The smallest absolute Gasteiger partial charge is 0.407 e. The zero-order valence-corrected chi connectivity index (χ0v) is 30.0. The van der Waals surface area contributed by atoms with Gasteiger partial charge in [0.15, 0.2) is 0 Å². The Labute approximate surface area is 314 Å². The lowest BCUT2D eigenvalue weighted by Crippen LogP contribution is -2.57. The third-order valence-corrected chi connectivity index (χ3v) is 9.20. The summed E-state index contributed by atoms with van der Waals surface area (Å²) in [6.07, 6.45) is -0.689. The summed E-state index contributed by atoms with van der Waals surface area (Å²) in [6.45, 7) is 1.61. The molecule has 6 rings (SSSR count). The number of rotatable bonds is 16. The van der Waals surface area contributed by atoms with Crippen LogP contribution in [0.5, 0.6) is 0 Å².